The summed E-state index contributed by atoms with van der Waals surface area (Å²) in [5.74, 6) is -0.253. The van der Waals surface area contributed by atoms with Gasteiger partial charge in [0.1, 0.15) is 17.3 Å². The summed E-state index contributed by atoms with van der Waals surface area (Å²) in [5.41, 5.74) is 0.193. The molecule has 1 saturated heterocycles. The molecule has 1 fully saturated rings. The largest absolute Gasteiger partial charge is 0.598 e. The molecule has 0 saturated carbocycles. The minimum atomic E-state index is -1.30. The molecule has 1 aromatic rings. The molecule has 0 bridgehead atoms. The first-order valence-electron chi connectivity index (χ1n) is 9.22. The van der Waals surface area contributed by atoms with Crippen LogP contribution in [0.15, 0.2) is 22.7 Å². The lowest BCUT2D eigenvalue weighted by Gasteiger charge is -2.46. The number of benzene rings is 1. The smallest absolute Gasteiger partial charge is 0.140 e. The summed E-state index contributed by atoms with van der Waals surface area (Å²) >= 11 is 1.99. The molecule has 4 nitrogen and oxygen atoms in total. The number of hydrogen-bond acceptors (Lipinski definition) is 4. The summed E-state index contributed by atoms with van der Waals surface area (Å²) in [7, 11) is -1.13. The molecule has 154 valence electrons. The first kappa shape index (κ1) is 23.3. The van der Waals surface area contributed by atoms with Crippen molar-refractivity contribution in [2.45, 2.75) is 56.1 Å². The Kier molecular flexibility index (Phi) is 7.98. The van der Waals surface area contributed by atoms with Gasteiger partial charge in [0.2, 0.25) is 0 Å². The van der Waals surface area contributed by atoms with E-state index in [0.717, 1.165) is 6.04 Å². The minimum absolute atomic E-state index is 0.253. The zero-order valence-electron chi connectivity index (χ0n) is 16.9. The third kappa shape index (κ3) is 6.52. The van der Waals surface area contributed by atoms with Gasteiger partial charge in [0, 0.05) is 36.9 Å². The second-order valence-electron chi connectivity index (χ2n) is 9.11. The standard InChI is InChI=1S/C19H31BrFNO3SSi/c1-18(2,26(23)22-14-24-8-9-27(3,4)5)11-19(12-25-13-19)16-7-6-15(20)10-17(16)21/h6-7,10,22H,8-9,11-14H2,1-5H3. The maximum atomic E-state index is 14.5. The fourth-order valence-corrected chi connectivity index (χ4v) is 5.32. The molecule has 2 rings (SSSR count). The molecule has 8 heteroatoms. The van der Waals surface area contributed by atoms with Crippen LogP contribution in [-0.2, 0) is 26.3 Å². The Morgan fingerprint density at radius 2 is 2.04 bits per heavy atom. The molecule has 0 aliphatic carbocycles. The summed E-state index contributed by atoms with van der Waals surface area (Å²) in [6.45, 7) is 12.6. The highest BCUT2D eigenvalue weighted by molar-refractivity contribution is 9.10. The van der Waals surface area contributed by atoms with Gasteiger partial charge in [-0.1, -0.05) is 41.6 Å². The van der Waals surface area contributed by atoms with Crippen LogP contribution in [0.5, 0.6) is 0 Å². The lowest BCUT2D eigenvalue weighted by molar-refractivity contribution is -0.0696. The average molecular weight is 481 g/mol. The van der Waals surface area contributed by atoms with Crippen LogP contribution in [0.4, 0.5) is 4.39 Å². The molecular formula is C19H31BrFNO3SSi. The van der Waals surface area contributed by atoms with Gasteiger partial charge >= 0.3 is 0 Å². The Hall–Kier alpha value is 0.0369. The molecule has 1 unspecified atom stereocenters. The van der Waals surface area contributed by atoms with Gasteiger partial charge in [0.25, 0.3) is 0 Å². The first-order valence-corrected chi connectivity index (χ1v) is 14.9. The van der Waals surface area contributed by atoms with Crippen LogP contribution in [0.3, 0.4) is 0 Å². The number of ether oxygens (including phenoxy) is 2. The molecule has 0 radical (unpaired) electrons. The predicted octanol–water partition coefficient (Wildman–Crippen LogP) is 4.59. The number of nitrogens with one attached hydrogen (secondary N) is 1. The normalized spacial score (nSPS) is 18.2. The maximum Gasteiger partial charge on any atom is 0.140 e. The topological polar surface area (TPSA) is 53.5 Å². The van der Waals surface area contributed by atoms with E-state index in [4.69, 9.17) is 9.47 Å². The van der Waals surface area contributed by atoms with Gasteiger partial charge in [-0.15, -0.1) is 4.72 Å². The summed E-state index contributed by atoms with van der Waals surface area (Å²) in [5, 5.41) is 0. The third-order valence-electron chi connectivity index (χ3n) is 4.81. The van der Waals surface area contributed by atoms with Crippen LogP contribution >= 0.6 is 15.9 Å². The van der Waals surface area contributed by atoms with Crippen LogP contribution in [0, 0.1) is 5.82 Å². The SMILES string of the molecule is CC(C)(CC1(c2ccc(Br)cc2F)COC1)[S+]([O-])NCOCC[Si](C)(C)C. The summed E-state index contributed by atoms with van der Waals surface area (Å²) in [6.07, 6.45) is 0.563. The Morgan fingerprint density at radius 1 is 1.37 bits per heavy atom. The Bertz CT molecular complexity index is 638. The van der Waals surface area contributed by atoms with E-state index < -0.39 is 29.6 Å². The van der Waals surface area contributed by atoms with Crippen LogP contribution < -0.4 is 4.72 Å². The van der Waals surface area contributed by atoms with Gasteiger partial charge in [-0.25, -0.2) is 4.39 Å². The molecule has 1 heterocycles. The monoisotopic (exact) mass is 479 g/mol. The average Bonchev–Trinajstić information content (AvgIpc) is 2.50. The highest BCUT2D eigenvalue weighted by Crippen LogP contribution is 2.43. The molecule has 1 N–H and O–H groups in total. The van der Waals surface area contributed by atoms with Crippen molar-refractivity contribution < 1.29 is 18.4 Å². The third-order valence-corrected chi connectivity index (χ3v) is 8.54. The van der Waals surface area contributed by atoms with Gasteiger partial charge in [0.15, 0.2) is 0 Å². The van der Waals surface area contributed by atoms with Crippen molar-refractivity contribution in [1.82, 2.24) is 4.72 Å². The van der Waals surface area contributed by atoms with Gasteiger partial charge in [0.05, 0.1) is 18.6 Å². The van der Waals surface area contributed by atoms with Crippen molar-refractivity contribution >= 4 is 35.4 Å². The Morgan fingerprint density at radius 3 is 2.56 bits per heavy atom. The number of hydrogen-bond donors (Lipinski definition) is 1. The zero-order chi connectivity index (χ0) is 20.3. The summed E-state index contributed by atoms with van der Waals surface area (Å²) < 4.78 is 41.5. The molecule has 1 aliphatic rings. The van der Waals surface area contributed by atoms with Gasteiger partial charge in [-0.05, 0) is 37.6 Å². The molecule has 27 heavy (non-hydrogen) atoms. The fourth-order valence-electron chi connectivity index (χ4n) is 3.24. The zero-order valence-corrected chi connectivity index (χ0v) is 20.3. The van der Waals surface area contributed by atoms with E-state index in [2.05, 4.69) is 40.3 Å². The quantitative estimate of drug-likeness (QED) is 0.230. The van der Waals surface area contributed by atoms with Crippen LogP contribution in [-0.4, -0.2) is 43.9 Å². The van der Waals surface area contributed by atoms with E-state index in [1.165, 1.54) is 6.07 Å². The predicted molar refractivity (Wildman–Crippen MR) is 116 cm³/mol. The second-order valence-corrected chi connectivity index (χ2v) is 17.6. The second kappa shape index (κ2) is 9.24. The maximum absolute atomic E-state index is 14.5. The Balaban J connectivity index is 1.94. The fraction of sp³-hybridized carbons (Fsp3) is 0.684. The van der Waals surface area contributed by atoms with E-state index in [-0.39, 0.29) is 12.5 Å². The molecular weight excluding hydrogens is 449 g/mol. The van der Waals surface area contributed by atoms with Crippen molar-refractivity contribution in [3.8, 4) is 0 Å². The van der Waals surface area contributed by atoms with Crippen molar-refractivity contribution in [2.24, 2.45) is 0 Å². The van der Waals surface area contributed by atoms with E-state index in [9.17, 15) is 8.94 Å². The van der Waals surface area contributed by atoms with Gasteiger partial charge < -0.3 is 14.0 Å². The lowest BCUT2D eigenvalue weighted by atomic mass is 9.72. The molecule has 1 aliphatic heterocycles. The molecule has 1 atom stereocenters. The van der Waals surface area contributed by atoms with Gasteiger partial charge in [-0.3, -0.25) is 0 Å². The highest BCUT2D eigenvalue weighted by Gasteiger charge is 2.50. The van der Waals surface area contributed by atoms with Crippen molar-refractivity contribution in [3.05, 3.63) is 34.1 Å². The molecule has 0 spiro atoms. The van der Waals surface area contributed by atoms with E-state index in [0.29, 0.717) is 36.3 Å². The van der Waals surface area contributed by atoms with Crippen molar-refractivity contribution in [3.63, 3.8) is 0 Å². The van der Waals surface area contributed by atoms with Crippen LogP contribution in [0.1, 0.15) is 25.8 Å². The Labute approximate surface area is 175 Å². The minimum Gasteiger partial charge on any atom is -0.598 e. The number of halogens is 2. The highest BCUT2D eigenvalue weighted by atomic mass is 79.9. The van der Waals surface area contributed by atoms with E-state index in [1.54, 1.807) is 6.07 Å². The van der Waals surface area contributed by atoms with Crippen LogP contribution in [0.25, 0.3) is 0 Å². The lowest BCUT2D eigenvalue weighted by Crippen LogP contribution is -2.55. The molecule has 1 aromatic carbocycles. The summed E-state index contributed by atoms with van der Waals surface area (Å²) in [6, 6.07) is 6.19. The molecule has 0 aromatic heterocycles. The van der Waals surface area contributed by atoms with Crippen molar-refractivity contribution in [2.75, 3.05) is 26.6 Å². The van der Waals surface area contributed by atoms with E-state index >= 15 is 0 Å². The number of rotatable bonds is 10. The molecule has 0 amide bonds. The van der Waals surface area contributed by atoms with Gasteiger partial charge in [-0.2, -0.15) is 0 Å². The van der Waals surface area contributed by atoms with Crippen molar-refractivity contribution in [1.29, 1.82) is 0 Å². The van der Waals surface area contributed by atoms with E-state index in [1.807, 2.05) is 19.9 Å². The first-order chi connectivity index (χ1) is 12.5. The van der Waals surface area contributed by atoms with Crippen LogP contribution in [0.2, 0.25) is 25.7 Å². The summed E-state index contributed by atoms with van der Waals surface area (Å²) in [4.78, 5) is 0.